The van der Waals surface area contributed by atoms with Gasteiger partial charge in [-0.2, -0.15) is 0 Å². The first-order chi connectivity index (χ1) is 10.7. The van der Waals surface area contributed by atoms with Gasteiger partial charge >= 0.3 is 0 Å². The van der Waals surface area contributed by atoms with Crippen molar-refractivity contribution >= 4 is 5.78 Å². The van der Waals surface area contributed by atoms with Crippen LogP contribution in [0.4, 0.5) is 0 Å². The number of allylic oxidation sites excluding steroid dienone is 4. The molecule has 2 rings (SSSR count). The van der Waals surface area contributed by atoms with Crippen molar-refractivity contribution in [1.82, 2.24) is 0 Å². The molecule has 0 bridgehead atoms. The van der Waals surface area contributed by atoms with Gasteiger partial charge in [-0.1, -0.05) is 18.2 Å². The number of hydrogen-bond acceptors (Lipinski definition) is 5. The van der Waals surface area contributed by atoms with Crippen molar-refractivity contribution in [3.63, 3.8) is 0 Å². The van der Waals surface area contributed by atoms with Crippen LogP contribution in [0, 0.1) is 0 Å². The van der Waals surface area contributed by atoms with E-state index in [9.17, 15) is 9.90 Å². The Morgan fingerprint density at radius 2 is 1.86 bits per heavy atom. The highest BCUT2D eigenvalue weighted by atomic mass is 16.5. The van der Waals surface area contributed by atoms with E-state index in [1.54, 1.807) is 37.5 Å². The van der Waals surface area contributed by atoms with Gasteiger partial charge in [0.2, 0.25) is 5.78 Å². The molecule has 1 aliphatic carbocycles. The maximum Gasteiger partial charge on any atom is 0.220 e. The lowest BCUT2D eigenvalue weighted by Crippen LogP contribution is -2.19. The molecule has 1 aliphatic rings. The molecule has 5 nitrogen and oxygen atoms in total. The predicted molar refractivity (Wildman–Crippen MR) is 81.8 cm³/mol. The van der Waals surface area contributed by atoms with Crippen molar-refractivity contribution in [3.05, 3.63) is 59.9 Å². The van der Waals surface area contributed by atoms with Crippen LogP contribution < -0.4 is 9.47 Å². The number of carbonyl (C=O) groups is 1. The largest absolute Gasteiger partial charge is 0.493 e. The highest BCUT2D eigenvalue weighted by molar-refractivity contribution is 6.04. The molecule has 0 aliphatic heterocycles. The number of methoxy groups -OCH3 is 2. The number of aliphatic hydroxyl groups is 1. The summed E-state index contributed by atoms with van der Waals surface area (Å²) < 4.78 is 16.0. The molecule has 22 heavy (non-hydrogen) atoms. The van der Waals surface area contributed by atoms with Gasteiger partial charge < -0.3 is 19.3 Å². The smallest absolute Gasteiger partial charge is 0.220 e. The van der Waals surface area contributed by atoms with Gasteiger partial charge in [-0.25, -0.2) is 0 Å². The Morgan fingerprint density at radius 1 is 1.14 bits per heavy atom. The van der Waals surface area contributed by atoms with Crippen molar-refractivity contribution in [2.24, 2.45) is 0 Å². The van der Waals surface area contributed by atoms with Crippen LogP contribution in [0.3, 0.4) is 0 Å². The van der Waals surface area contributed by atoms with Gasteiger partial charge in [-0.05, 0) is 35.9 Å². The standard InChI is InChI=1S/C17H18O5/c1-20-15-5-3-4-6-16(15)22-13(11-18)9-12-7-8-14(19)17(10-12)21-2/h3-10,13,18H,11H2,1-2H3/b12-9-. The van der Waals surface area contributed by atoms with Crippen molar-refractivity contribution in [2.75, 3.05) is 20.8 Å². The molecule has 0 saturated carbocycles. The number of hydrogen-bond donors (Lipinski definition) is 1. The Morgan fingerprint density at radius 3 is 2.50 bits per heavy atom. The van der Waals surface area contributed by atoms with Crippen LogP contribution in [0.2, 0.25) is 0 Å². The molecule has 1 aromatic carbocycles. The third-order valence-corrected chi connectivity index (χ3v) is 3.09. The van der Waals surface area contributed by atoms with Gasteiger partial charge in [0.15, 0.2) is 17.3 Å². The summed E-state index contributed by atoms with van der Waals surface area (Å²) >= 11 is 0. The van der Waals surface area contributed by atoms with Crippen LogP contribution in [0.5, 0.6) is 11.5 Å². The Bertz CT molecular complexity index is 628. The number of ketones is 1. The monoisotopic (exact) mass is 302 g/mol. The molecule has 0 amide bonds. The zero-order valence-electron chi connectivity index (χ0n) is 12.5. The Hall–Kier alpha value is -2.53. The Labute approximate surface area is 129 Å². The van der Waals surface area contributed by atoms with Gasteiger partial charge in [-0.3, -0.25) is 4.79 Å². The molecule has 0 spiro atoms. The van der Waals surface area contributed by atoms with Crippen molar-refractivity contribution in [2.45, 2.75) is 6.10 Å². The van der Waals surface area contributed by atoms with E-state index < -0.39 is 6.10 Å². The Kier molecular flexibility index (Phi) is 5.38. The highest BCUT2D eigenvalue weighted by Crippen LogP contribution is 2.27. The average Bonchev–Trinajstić information content (AvgIpc) is 2.56. The van der Waals surface area contributed by atoms with Crippen LogP contribution >= 0.6 is 0 Å². The van der Waals surface area contributed by atoms with E-state index >= 15 is 0 Å². The summed E-state index contributed by atoms with van der Waals surface area (Å²) in [5.74, 6) is 1.18. The summed E-state index contributed by atoms with van der Waals surface area (Å²) in [4.78, 5) is 11.5. The summed E-state index contributed by atoms with van der Waals surface area (Å²) in [6, 6.07) is 7.19. The molecular formula is C17H18O5. The highest BCUT2D eigenvalue weighted by Gasteiger charge is 2.14. The van der Waals surface area contributed by atoms with E-state index in [4.69, 9.17) is 14.2 Å². The van der Waals surface area contributed by atoms with Crippen LogP contribution in [-0.2, 0) is 9.53 Å². The molecular weight excluding hydrogens is 284 g/mol. The number of para-hydroxylation sites is 2. The zero-order valence-corrected chi connectivity index (χ0v) is 12.5. The third kappa shape index (κ3) is 3.77. The van der Waals surface area contributed by atoms with Gasteiger partial charge in [0.25, 0.3) is 0 Å². The number of ether oxygens (including phenoxy) is 3. The minimum absolute atomic E-state index is 0.189. The van der Waals surface area contributed by atoms with Crippen molar-refractivity contribution < 1.29 is 24.1 Å². The summed E-state index contributed by atoms with van der Waals surface area (Å²) in [6.07, 6.45) is 5.82. The number of aliphatic hydroxyl groups excluding tert-OH is 1. The molecule has 1 unspecified atom stereocenters. The van der Waals surface area contributed by atoms with E-state index in [0.29, 0.717) is 11.5 Å². The molecule has 116 valence electrons. The summed E-state index contributed by atoms with van der Waals surface area (Å²) in [6.45, 7) is -0.209. The van der Waals surface area contributed by atoms with Crippen LogP contribution in [0.1, 0.15) is 0 Å². The molecule has 1 N–H and O–H groups in total. The Balaban J connectivity index is 2.19. The zero-order chi connectivity index (χ0) is 15.9. The average molecular weight is 302 g/mol. The minimum atomic E-state index is -0.571. The lowest BCUT2D eigenvalue weighted by atomic mass is 10.1. The lowest BCUT2D eigenvalue weighted by Gasteiger charge is -2.17. The summed E-state index contributed by atoms with van der Waals surface area (Å²) in [7, 11) is 2.99. The topological polar surface area (TPSA) is 65.0 Å². The quantitative estimate of drug-likeness (QED) is 0.871. The third-order valence-electron chi connectivity index (χ3n) is 3.09. The van der Waals surface area contributed by atoms with E-state index in [2.05, 4.69) is 0 Å². The molecule has 0 heterocycles. The lowest BCUT2D eigenvalue weighted by molar-refractivity contribution is -0.114. The van der Waals surface area contributed by atoms with Crippen LogP contribution in [0.15, 0.2) is 59.9 Å². The fourth-order valence-corrected chi connectivity index (χ4v) is 2.01. The molecule has 1 aromatic rings. The van der Waals surface area contributed by atoms with Gasteiger partial charge in [0, 0.05) is 0 Å². The molecule has 0 radical (unpaired) electrons. The predicted octanol–water partition coefficient (Wildman–Crippen LogP) is 2.03. The summed E-state index contributed by atoms with van der Waals surface area (Å²) in [5, 5.41) is 9.50. The van der Waals surface area contributed by atoms with E-state index in [0.717, 1.165) is 5.57 Å². The first kappa shape index (κ1) is 15.9. The maximum atomic E-state index is 11.5. The second kappa shape index (κ2) is 7.47. The normalized spacial score (nSPS) is 17.1. The van der Waals surface area contributed by atoms with Crippen molar-refractivity contribution in [1.29, 1.82) is 0 Å². The first-order valence-corrected chi connectivity index (χ1v) is 6.78. The number of carbonyl (C=O) groups excluding carboxylic acids is 1. The number of benzene rings is 1. The summed E-state index contributed by atoms with van der Waals surface area (Å²) in [5.41, 5.74) is 0.727. The first-order valence-electron chi connectivity index (χ1n) is 6.78. The second-order valence-electron chi connectivity index (χ2n) is 4.57. The van der Waals surface area contributed by atoms with E-state index in [-0.39, 0.29) is 18.1 Å². The minimum Gasteiger partial charge on any atom is -0.493 e. The second-order valence-corrected chi connectivity index (χ2v) is 4.57. The van der Waals surface area contributed by atoms with E-state index in [1.165, 1.54) is 13.2 Å². The maximum absolute atomic E-state index is 11.5. The van der Waals surface area contributed by atoms with Crippen LogP contribution in [-0.4, -0.2) is 37.8 Å². The van der Waals surface area contributed by atoms with Gasteiger partial charge in [-0.15, -0.1) is 0 Å². The number of rotatable bonds is 6. The molecule has 1 atom stereocenters. The fourth-order valence-electron chi connectivity index (χ4n) is 2.01. The van der Waals surface area contributed by atoms with E-state index in [1.807, 2.05) is 12.1 Å². The van der Waals surface area contributed by atoms with Crippen molar-refractivity contribution in [3.8, 4) is 11.5 Å². The van der Waals surface area contributed by atoms with Gasteiger partial charge in [0.1, 0.15) is 6.10 Å². The SMILES string of the molecule is COC1=C/C(=C\C(CO)Oc2ccccc2OC)C=CC1=O. The fraction of sp³-hybridized carbons (Fsp3) is 0.235. The molecule has 0 fully saturated rings. The van der Waals surface area contributed by atoms with Gasteiger partial charge in [0.05, 0.1) is 20.8 Å². The molecule has 5 heteroatoms. The molecule has 0 aromatic heterocycles. The van der Waals surface area contributed by atoms with Crippen LogP contribution in [0.25, 0.3) is 0 Å². The molecule has 0 saturated heterocycles.